The van der Waals surface area contributed by atoms with Crippen LogP contribution in [0, 0.1) is 0 Å². The maximum atomic E-state index is 5.78. The Bertz CT molecular complexity index is 891. The average Bonchev–Trinajstić information content (AvgIpc) is 3.22. The molecular formula is C17H14ClN3OS. The molecule has 6 heteroatoms. The highest BCUT2D eigenvalue weighted by molar-refractivity contribution is 7.09. The predicted octanol–water partition coefficient (Wildman–Crippen LogP) is 4.99. The molecule has 1 aromatic carbocycles. The number of pyridine rings is 1. The van der Waals surface area contributed by atoms with Crippen LogP contribution in [0.5, 0.6) is 0 Å². The maximum Gasteiger partial charge on any atom is 0.228 e. The Morgan fingerprint density at radius 2 is 2.09 bits per heavy atom. The van der Waals surface area contributed by atoms with Gasteiger partial charge in [0.05, 0.1) is 5.56 Å². The van der Waals surface area contributed by atoms with Crippen molar-refractivity contribution in [2.75, 3.05) is 5.32 Å². The van der Waals surface area contributed by atoms with E-state index >= 15 is 0 Å². The summed E-state index contributed by atoms with van der Waals surface area (Å²) in [5.41, 5.74) is 3.54. The van der Waals surface area contributed by atoms with E-state index in [1.54, 1.807) is 23.7 Å². The molecule has 0 saturated heterocycles. The number of nitrogens with one attached hydrogen (secondary N) is 1. The molecule has 0 amide bonds. The molecule has 1 N–H and O–H groups in total. The largest absolute Gasteiger partial charge is 0.436 e. The number of oxazole rings is 1. The summed E-state index contributed by atoms with van der Waals surface area (Å²) in [6.45, 7) is 0.816. The zero-order valence-corrected chi connectivity index (χ0v) is 13.7. The third-order valence-corrected chi connectivity index (χ3v) is 4.22. The zero-order valence-electron chi connectivity index (χ0n) is 12.1. The SMILES string of the molecule is Cl.c1cncc(-c2nc3cc(NCc4cccs4)ccc3o2)c1. The zero-order chi connectivity index (χ0) is 14.8. The summed E-state index contributed by atoms with van der Waals surface area (Å²) >= 11 is 1.74. The Kier molecular flexibility index (Phi) is 4.60. The minimum Gasteiger partial charge on any atom is -0.436 e. The van der Waals surface area contributed by atoms with Crippen molar-refractivity contribution >= 4 is 40.5 Å². The van der Waals surface area contributed by atoms with Crippen molar-refractivity contribution in [1.29, 1.82) is 0 Å². The highest BCUT2D eigenvalue weighted by Crippen LogP contribution is 2.26. The molecule has 4 nitrogen and oxygen atoms in total. The van der Waals surface area contributed by atoms with Crippen LogP contribution in [0.1, 0.15) is 4.88 Å². The van der Waals surface area contributed by atoms with E-state index in [4.69, 9.17) is 4.42 Å². The van der Waals surface area contributed by atoms with Crippen LogP contribution in [0.3, 0.4) is 0 Å². The third-order valence-electron chi connectivity index (χ3n) is 3.34. The number of aromatic nitrogens is 2. The molecule has 0 aliphatic carbocycles. The summed E-state index contributed by atoms with van der Waals surface area (Å²) in [7, 11) is 0. The number of fused-ring (bicyclic) bond motifs is 1. The Labute approximate surface area is 143 Å². The van der Waals surface area contributed by atoms with Gasteiger partial charge in [0, 0.05) is 29.5 Å². The van der Waals surface area contributed by atoms with Gasteiger partial charge in [0.2, 0.25) is 5.89 Å². The lowest BCUT2D eigenvalue weighted by atomic mass is 10.3. The monoisotopic (exact) mass is 343 g/mol. The van der Waals surface area contributed by atoms with E-state index in [9.17, 15) is 0 Å². The summed E-state index contributed by atoms with van der Waals surface area (Å²) in [6.07, 6.45) is 3.49. The Morgan fingerprint density at radius 1 is 1.13 bits per heavy atom. The second-order valence-electron chi connectivity index (χ2n) is 4.88. The molecule has 4 aromatic rings. The Hall–Kier alpha value is -2.37. The minimum absolute atomic E-state index is 0. The van der Waals surface area contributed by atoms with Crippen LogP contribution in [0.2, 0.25) is 0 Å². The van der Waals surface area contributed by atoms with Crippen LogP contribution < -0.4 is 5.32 Å². The fraction of sp³-hybridized carbons (Fsp3) is 0.0588. The molecule has 4 rings (SSSR count). The molecule has 0 fully saturated rings. The first-order valence-corrected chi connectivity index (χ1v) is 7.84. The second kappa shape index (κ2) is 6.81. The number of benzene rings is 1. The van der Waals surface area contributed by atoms with Crippen molar-refractivity contribution < 1.29 is 4.42 Å². The van der Waals surface area contributed by atoms with Gasteiger partial charge in [-0.3, -0.25) is 4.98 Å². The fourth-order valence-corrected chi connectivity index (χ4v) is 2.90. The van der Waals surface area contributed by atoms with Crippen molar-refractivity contribution in [2.45, 2.75) is 6.54 Å². The van der Waals surface area contributed by atoms with Gasteiger partial charge in [-0.1, -0.05) is 6.07 Å². The van der Waals surface area contributed by atoms with Crippen LogP contribution in [0.4, 0.5) is 5.69 Å². The first-order chi connectivity index (χ1) is 10.9. The van der Waals surface area contributed by atoms with Gasteiger partial charge in [0.25, 0.3) is 0 Å². The maximum absolute atomic E-state index is 5.78. The number of thiophene rings is 1. The molecule has 3 heterocycles. The molecule has 3 aromatic heterocycles. The van der Waals surface area contributed by atoms with Gasteiger partial charge in [-0.25, -0.2) is 4.98 Å². The quantitative estimate of drug-likeness (QED) is 0.567. The van der Waals surface area contributed by atoms with Gasteiger partial charge in [-0.05, 0) is 41.8 Å². The van der Waals surface area contributed by atoms with Gasteiger partial charge >= 0.3 is 0 Å². The molecule has 116 valence electrons. The number of anilines is 1. The first kappa shape index (κ1) is 15.5. The molecule has 0 bridgehead atoms. The van der Waals surface area contributed by atoms with E-state index in [-0.39, 0.29) is 12.4 Å². The van der Waals surface area contributed by atoms with Gasteiger partial charge in [-0.2, -0.15) is 0 Å². The molecule has 0 aliphatic rings. The molecule has 0 unspecified atom stereocenters. The molecule has 0 atom stereocenters. The normalized spacial score (nSPS) is 10.4. The summed E-state index contributed by atoms with van der Waals surface area (Å²) in [5.74, 6) is 0.596. The van der Waals surface area contributed by atoms with E-state index in [0.29, 0.717) is 5.89 Å². The Morgan fingerprint density at radius 3 is 2.87 bits per heavy atom. The van der Waals surface area contributed by atoms with Crippen LogP contribution in [0.25, 0.3) is 22.6 Å². The molecule has 0 radical (unpaired) electrons. The molecular weight excluding hydrogens is 330 g/mol. The summed E-state index contributed by atoms with van der Waals surface area (Å²) < 4.78 is 5.78. The topological polar surface area (TPSA) is 51.0 Å². The van der Waals surface area contributed by atoms with Crippen molar-refractivity contribution in [3.05, 3.63) is 65.1 Å². The molecule has 23 heavy (non-hydrogen) atoms. The highest BCUT2D eigenvalue weighted by Gasteiger charge is 2.08. The van der Waals surface area contributed by atoms with Crippen molar-refractivity contribution in [2.24, 2.45) is 0 Å². The van der Waals surface area contributed by atoms with Crippen molar-refractivity contribution in [1.82, 2.24) is 9.97 Å². The van der Waals surface area contributed by atoms with E-state index in [1.807, 2.05) is 30.3 Å². The fourth-order valence-electron chi connectivity index (χ4n) is 2.25. The van der Waals surface area contributed by atoms with Crippen LogP contribution >= 0.6 is 23.7 Å². The highest BCUT2D eigenvalue weighted by atomic mass is 35.5. The molecule has 0 spiro atoms. The lowest BCUT2D eigenvalue weighted by molar-refractivity contribution is 0.619. The van der Waals surface area contributed by atoms with Crippen LogP contribution in [0.15, 0.2) is 64.7 Å². The van der Waals surface area contributed by atoms with Gasteiger partial charge < -0.3 is 9.73 Å². The number of nitrogens with zero attached hydrogens (tertiary/aromatic N) is 2. The van der Waals surface area contributed by atoms with E-state index in [1.165, 1.54) is 4.88 Å². The number of hydrogen-bond donors (Lipinski definition) is 1. The van der Waals surface area contributed by atoms with Crippen molar-refractivity contribution in [3.8, 4) is 11.5 Å². The number of halogens is 1. The lowest BCUT2D eigenvalue weighted by Gasteiger charge is -2.03. The molecule has 0 aliphatic heterocycles. The van der Waals surface area contributed by atoms with E-state index in [2.05, 4.69) is 32.8 Å². The minimum atomic E-state index is 0. The number of hydrogen-bond acceptors (Lipinski definition) is 5. The van der Waals surface area contributed by atoms with E-state index < -0.39 is 0 Å². The van der Waals surface area contributed by atoms with Crippen molar-refractivity contribution in [3.63, 3.8) is 0 Å². The standard InChI is InChI=1S/C17H13N3OS.ClH/c1-3-12(10-18-7-1)17-20-15-9-13(5-6-16(15)21-17)19-11-14-4-2-8-22-14;/h1-10,19H,11H2;1H. The van der Waals surface area contributed by atoms with Crippen LogP contribution in [-0.2, 0) is 6.54 Å². The smallest absolute Gasteiger partial charge is 0.228 e. The average molecular weight is 344 g/mol. The third kappa shape index (κ3) is 3.36. The van der Waals surface area contributed by atoms with Gasteiger partial charge in [0.1, 0.15) is 5.52 Å². The lowest BCUT2D eigenvalue weighted by Crippen LogP contribution is -1.96. The second-order valence-corrected chi connectivity index (χ2v) is 5.91. The Balaban J connectivity index is 0.00000156. The van der Waals surface area contributed by atoms with Crippen LogP contribution in [-0.4, -0.2) is 9.97 Å². The van der Waals surface area contributed by atoms with Gasteiger partial charge in [-0.15, -0.1) is 23.7 Å². The predicted molar refractivity (Wildman–Crippen MR) is 96.1 cm³/mol. The summed E-state index contributed by atoms with van der Waals surface area (Å²) in [5, 5.41) is 5.49. The summed E-state index contributed by atoms with van der Waals surface area (Å²) in [4.78, 5) is 9.94. The number of rotatable bonds is 4. The summed E-state index contributed by atoms with van der Waals surface area (Å²) in [6, 6.07) is 13.9. The van der Waals surface area contributed by atoms with Gasteiger partial charge in [0.15, 0.2) is 5.58 Å². The molecule has 0 saturated carbocycles. The first-order valence-electron chi connectivity index (χ1n) is 6.96. The van der Waals surface area contributed by atoms with E-state index in [0.717, 1.165) is 28.9 Å².